The van der Waals surface area contributed by atoms with Crippen LogP contribution in [0.25, 0.3) is 0 Å². The summed E-state index contributed by atoms with van der Waals surface area (Å²) in [6, 6.07) is 0.415. The molecule has 0 aromatic heterocycles. The van der Waals surface area contributed by atoms with Crippen LogP contribution in [0, 0.1) is 0 Å². The van der Waals surface area contributed by atoms with Gasteiger partial charge in [-0.1, -0.05) is 0 Å². The van der Waals surface area contributed by atoms with Gasteiger partial charge >= 0.3 is 0 Å². The van der Waals surface area contributed by atoms with Gasteiger partial charge in [-0.2, -0.15) is 0 Å². The van der Waals surface area contributed by atoms with E-state index in [0.717, 1.165) is 11.9 Å². The first-order valence-corrected chi connectivity index (χ1v) is 4.79. The first-order valence-electron chi connectivity index (χ1n) is 4.09. The van der Waals surface area contributed by atoms with Crippen LogP contribution in [0.4, 0.5) is 0 Å². The Hall–Kier alpha value is -0.573. The van der Waals surface area contributed by atoms with Crippen LogP contribution in [0.5, 0.6) is 0 Å². The van der Waals surface area contributed by atoms with E-state index >= 15 is 0 Å². The van der Waals surface area contributed by atoms with E-state index in [2.05, 4.69) is 29.0 Å². The minimum Gasteiger partial charge on any atom is -0.376 e. The lowest BCUT2D eigenvalue weighted by molar-refractivity contribution is -0.112. The Morgan fingerprint density at radius 1 is 1.50 bits per heavy atom. The van der Waals surface area contributed by atoms with Gasteiger partial charge in [-0.05, 0) is 33.8 Å². The van der Waals surface area contributed by atoms with E-state index in [0.29, 0.717) is 6.04 Å². The summed E-state index contributed by atoms with van der Waals surface area (Å²) in [5, 5.41) is 0. The van der Waals surface area contributed by atoms with Crippen LogP contribution in [-0.4, -0.2) is 33.1 Å². The number of ketones is 1. The highest BCUT2D eigenvalue weighted by Crippen LogP contribution is 2.06. The summed E-state index contributed by atoms with van der Waals surface area (Å²) in [4.78, 5) is 12.9. The molecule has 2 nitrogen and oxygen atoms in total. The van der Waals surface area contributed by atoms with Crippen molar-refractivity contribution < 1.29 is 4.79 Å². The fraction of sp³-hybridized carbons (Fsp3) is 0.667. The Labute approximate surface area is 78.1 Å². The largest absolute Gasteiger partial charge is 0.376 e. The Balaban J connectivity index is 4.40. The molecule has 0 aromatic carbocycles. The van der Waals surface area contributed by atoms with Gasteiger partial charge in [0.25, 0.3) is 0 Å². The highest BCUT2D eigenvalue weighted by Gasteiger charge is 2.06. The predicted molar refractivity (Wildman–Crippen MR) is 52.0 cm³/mol. The van der Waals surface area contributed by atoms with E-state index in [9.17, 15) is 4.79 Å². The standard InChI is InChI=1S/C9H16NOSi/c1-7(2)10(6-12)8(3)5-9(4)11/h5,7H,6H2,1-4H3/b8-5-. The molecule has 0 aliphatic carbocycles. The van der Waals surface area contributed by atoms with Crippen LogP contribution in [0.3, 0.4) is 0 Å². The highest BCUT2D eigenvalue weighted by atomic mass is 28.1. The van der Waals surface area contributed by atoms with E-state index in [-0.39, 0.29) is 5.78 Å². The van der Waals surface area contributed by atoms with Crippen molar-refractivity contribution in [3.8, 4) is 0 Å². The third-order valence-corrected chi connectivity index (χ3v) is 2.00. The van der Waals surface area contributed by atoms with E-state index in [1.807, 2.05) is 6.92 Å². The smallest absolute Gasteiger partial charge is 0.154 e. The normalized spacial score (nSPS) is 12.0. The van der Waals surface area contributed by atoms with Crippen molar-refractivity contribution in [3.05, 3.63) is 11.8 Å². The first-order chi connectivity index (χ1) is 5.49. The van der Waals surface area contributed by atoms with Crippen LogP contribution in [0.2, 0.25) is 0 Å². The van der Waals surface area contributed by atoms with E-state index in [1.54, 1.807) is 13.0 Å². The van der Waals surface area contributed by atoms with Gasteiger partial charge in [0.15, 0.2) is 5.78 Å². The van der Waals surface area contributed by atoms with E-state index < -0.39 is 0 Å². The molecule has 0 aliphatic heterocycles. The highest BCUT2D eigenvalue weighted by molar-refractivity contribution is 6.08. The average molecular weight is 182 g/mol. The zero-order valence-electron chi connectivity index (χ0n) is 8.22. The zero-order chi connectivity index (χ0) is 9.72. The molecule has 3 radical (unpaired) electrons. The minimum absolute atomic E-state index is 0.0956. The minimum atomic E-state index is 0.0956. The molecule has 0 rings (SSSR count). The van der Waals surface area contributed by atoms with Gasteiger partial charge in [-0.25, -0.2) is 0 Å². The molecule has 3 heteroatoms. The van der Waals surface area contributed by atoms with Gasteiger partial charge < -0.3 is 4.90 Å². The summed E-state index contributed by atoms with van der Waals surface area (Å²) in [6.45, 7) is 7.70. The molecule has 67 valence electrons. The van der Waals surface area contributed by atoms with Crippen molar-refractivity contribution in [2.75, 3.05) is 6.17 Å². The lowest BCUT2D eigenvalue weighted by atomic mass is 10.2. The lowest BCUT2D eigenvalue weighted by Gasteiger charge is -2.27. The summed E-state index contributed by atoms with van der Waals surface area (Å²) >= 11 is 0. The van der Waals surface area contributed by atoms with Crippen molar-refractivity contribution in [2.24, 2.45) is 0 Å². The summed E-state index contributed by atoms with van der Waals surface area (Å²) < 4.78 is 0. The van der Waals surface area contributed by atoms with Crippen molar-refractivity contribution >= 4 is 16.0 Å². The monoisotopic (exact) mass is 182 g/mol. The SMILES string of the molecule is CC(=O)/C=C(/C)N(C[Si])C(C)C. The van der Waals surface area contributed by atoms with Gasteiger partial charge in [0, 0.05) is 17.9 Å². The van der Waals surface area contributed by atoms with E-state index in [4.69, 9.17) is 0 Å². The predicted octanol–water partition coefficient (Wildman–Crippen LogP) is 1.32. The van der Waals surface area contributed by atoms with Gasteiger partial charge in [-0.3, -0.25) is 4.79 Å². The molecule has 0 aliphatic rings. The molecular weight excluding hydrogens is 166 g/mol. The Morgan fingerprint density at radius 2 is 2.00 bits per heavy atom. The molecule has 0 bridgehead atoms. The van der Waals surface area contributed by atoms with Gasteiger partial charge in [-0.15, -0.1) is 0 Å². The molecule has 0 saturated heterocycles. The number of carbonyl (C=O) groups is 1. The maximum absolute atomic E-state index is 10.8. The zero-order valence-corrected chi connectivity index (χ0v) is 9.22. The van der Waals surface area contributed by atoms with Crippen LogP contribution in [0.15, 0.2) is 11.8 Å². The summed E-state index contributed by atoms with van der Waals surface area (Å²) in [5.74, 6) is 0.0956. The molecule has 0 spiro atoms. The second-order valence-electron chi connectivity index (χ2n) is 3.12. The lowest BCUT2D eigenvalue weighted by Crippen LogP contribution is -2.30. The maximum Gasteiger partial charge on any atom is 0.154 e. The molecule has 0 fully saturated rings. The Kier molecular flexibility index (Phi) is 4.89. The molecule has 0 heterocycles. The van der Waals surface area contributed by atoms with Crippen molar-refractivity contribution in [1.29, 1.82) is 0 Å². The number of nitrogens with zero attached hydrogens (tertiary/aromatic N) is 1. The third kappa shape index (κ3) is 3.71. The topological polar surface area (TPSA) is 20.3 Å². The van der Waals surface area contributed by atoms with Gasteiger partial charge in [0.05, 0.1) is 10.2 Å². The van der Waals surface area contributed by atoms with Crippen molar-refractivity contribution in [2.45, 2.75) is 33.7 Å². The first kappa shape index (κ1) is 11.4. The summed E-state index contributed by atoms with van der Waals surface area (Å²) in [7, 11) is 3.43. The molecule has 0 N–H and O–H groups in total. The van der Waals surface area contributed by atoms with Crippen molar-refractivity contribution in [1.82, 2.24) is 4.90 Å². The van der Waals surface area contributed by atoms with Crippen LogP contribution in [-0.2, 0) is 4.79 Å². The molecule has 0 atom stereocenters. The average Bonchev–Trinajstić information content (AvgIpc) is 1.85. The van der Waals surface area contributed by atoms with Gasteiger partial charge in [0.2, 0.25) is 0 Å². The number of carbonyl (C=O) groups excluding carboxylic acids is 1. The third-order valence-electron chi connectivity index (χ3n) is 1.66. The molecule has 0 unspecified atom stereocenters. The van der Waals surface area contributed by atoms with Gasteiger partial charge in [0.1, 0.15) is 0 Å². The molecular formula is C9H16NOSi. The number of hydrogen-bond acceptors (Lipinski definition) is 2. The van der Waals surface area contributed by atoms with Crippen LogP contribution < -0.4 is 0 Å². The fourth-order valence-corrected chi connectivity index (χ4v) is 1.71. The molecule has 12 heavy (non-hydrogen) atoms. The molecule has 0 saturated carbocycles. The Bertz CT molecular complexity index is 187. The number of allylic oxidation sites excluding steroid dienone is 2. The summed E-state index contributed by atoms with van der Waals surface area (Å²) in [5.41, 5.74) is 1.01. The van der Waals surface area contributed by atoms with Crippen molar-refractivity contribution in [3.63, 3.8) is 0 Å². The molecule has 0 amide bonds. The van der Waals surface area contributed by atoms with Crippen LogP contribution >= 0.6 is 0 Å². The quantitative estimate of drug-likeness (QED) is 0.483. The fourth-order valence-electron chi connectivity index (χ4n) is 1.09. The number of rotatable bonds is 4. The Morgan fingerprint density at radius 3 is 2.25 bits per heavy atom. The van der Waals surface area contributed by atoms with E-state index in [1.165, 1.54) is 0 Å². The second kappa shape index (κ2) is 5.14. The second-order valence-corrected chi connectivity index (χ2v) is 3.43. The maximum atomic E-state index is 10.8. The number of hydrogen-bond donors (Lipinski definition) is 0. The summed E-state index contributed by atoms with van der Waals surface area (Å²) in [6.07, 6.45) is 2.41. The van der Waals surface area contributed by atoms with Crippen LogP contribution in [0.1, 0.15) is 27.7 Å². The molecule has 0 aromatic rings.